The predicted octanol–water partition coefficient (Wildman–Crippen LogP) is 2.23. The van der Waals surface area contributed by atoms with Crippen LogP contribution in [0.15, 0.2) is 48.5 Å². The molecule has 2 aromatic carbocycles. The fourth-order valence-corrected chi connectivity index (χ4v) is 1.83. The summed E-state index contributed by atoms with van der Waals surface area (Å²) in [4.78, 5) is 23.3. The van der Waals surface area contributed by atoms with Gasteiger partial charge < -0.3 is 4.74 Å². The Kier molecular flexibility index (Phi) is 5.68. The number of ether oxygens (including phenoxy) is 1. The number of benzene rings is 2. The Bertz CT molecular complexity index is 686. The van der Waals surface area contributed by atoms with E-state index in [9.17, 15) is 14.0 Å². The summed E-state index contributed by atoms with van der Waals surface area (Å²) < 4.78 is 18.3. The van der Waals surface area contributed by atoms with Crippen LogP contribution >= 0.6 is 0 Å². The molecule has 6 heteroatoms. The van der Waals surface area contributed by atoms with Gasteiger partial charge in [0.2, 0.25) is 0 Å². The average Bonchev–Trinajstić information content (AvgIpc) is 2.58. The summed E-state index contributed by atoms with van der Waals surface area (Å²) in [6.45, 7) is 1.81. The minimum Gasteiger partial charge on any atom is -0.484 e. The Balaban J connectivity index is 1.77. The van der Waals surface area contributed by atoms with E-state index in [4.69, 9.17) is 4.74 Å². The van der Waals surface area contributed by atoms with Crippen LogP contribution in [-0.2, 0) is 11.2 Å². The van der Waals surface area contributed by atoms with Crippen LogP contribution < -0.4 is 15.6 Å². The summed E-state index contributed by atoms with van der Waals surface area (Å²) in [6, 6.07) is 12.5. The van der Waals surface area contributed by atoms with Crippen molar-refractivity contribution in [2.24, 2.45) is 0 Å². The molecular weight excluding hydrogens is 299 g/mol. The van der Waals surface area contributed by atoms with Gasteiger partial charge in [0.05, 0.1) is 0 Å². The summed E-state index contributed by atoms with van der Waals surface area (Å²) in [5.74, 6) is -1.09. The average molecular weight is 316 g/mol. The van der Waals surface area contributed by atoms with Crippen molar-refractivity contribution in [2.75, 3.05) is 6.61 Å². The number of amides is 2. The zero-order chi connectivity index (χ0) is 16.7. The van der Waals surface area contributed by atoms with Crippen molar-refractivity contribution in [3.63, 3.8) is 0 Å². The molecule has 0 saturated heterocycles. The lowest BCUT2D eigenvalue weighted by molar-refractivity contribution is -0.123. The molecule has 2 amide bonds. The van der Waals surface area contributed by atoms with E-state index < -0.39 is 17.6 Å². The Labute approximate surface area is 133 Å². The van der Waals surface area contributed by atoms with Crippen LogP contribution in [0.4, 0.5) is 4.39 Å². The standard InChI is InChI=1S/C17H17FN2O3/c1-2-12-6-8-15(9-7-12)23-11-16(21)19-20-17(22)13-4-3-5-14(18)10-13/h3-10H,2,11H2,1H3,(H,19,21)(H,20,22). The molecule has 0 aromatic heterocycles. The topological polar surface area (TPSA) is 67.4 Å². The molecule has 0 aliphatic rings. The lowest BCUT2D eigenvalue weighted by atomic mass is 10.2. The highest BCUT2D eigenvalue weighted by atomic mass is 19.1. The maximum atomic E-state index is 13.0. The first-order chi connectivity index (χ1) is 11.1. The number of hydrazine groups is 1. The second kappa shape index (κ2) is 7.93. The Hall–Kier alpha value is -2.89. The molecule has 5 nitrogen and oxygen atoms in total. The molecule has 0 radical (unpaired) electrons. The molecule has 2 N–H and O–H groups in total. The highest BCUT2D eigenvalue weighted by molar-refractivity contribution is 5.95. The number of carbonyl (C=O) groups excluding carboxylic acids is 2. The van der Waals surface area contributed by atoms with Gasteiger partial charge in [-0.25, -0.2) is 4.39 Å². The molecule has 2 aromatic rings. The summed E-state index contributed by atoms with van der Waals surface area (Å²) >= 11 is 0. The molecule has 0 aliphatic heterocycles. The third kappa shape index (κ3) is 5.10. The lowest BCUT2D eigenvalue weighted by Gasteiger charge is -2.09. The second-order valence-corrected chi connectivity index (χ2v) is 4.80. The lowest BCUT2D eigenvalue weighted by Crippen LogP contribution is -2.43. The largest absolute Gasteiger partial charge is 0.484 e. The first kappa shape index (κ1) is 16.5. The van der Waals surface area contributed by atoms with E-state index >= 15 is 0 Å². The zero-order valence-electron chi connectivity index (χ0n) is 12.6. The summed E-state index contributed by atoms with van der Waals surface area (Å²) in [7, 11) is 0. The molecule has 120 valence electrons. The van der Waals surface area contributed by atoms with Crippen LogP contribution in [0.2, 0.25) is 0 Å². The van der Waals surface area contributed by atoms with Gasteiger partial charge in [0.15, 0.2) is 6.61 Å². The van der Waals surface area contributed by atoms with Crippen LogP contribution in [0.25, 0.3) is 0 Å². The molecule has 0 fully saturated rings. The van der Waals surface area contributed by atoms with Gasteiger partial charge in [-0.05, 0) is 42.3 Å². The number of nitrogens with one attached hydrogen (secondary N) is 2. The highest BCUT2D eigenvalue weighted by Gasteiger charge is 2.08. The molecule has 2 rings (SSSR count). The number of aryl methyl sites for hydroxylation is 1. The monoisotopic (exact) mass is 316 g/mol. The normalized spacial score (nSPS) is 10.0. The smallest absolute Gasteiger partial charge is 0.276 e. The zero-order valence-corrected chi connectivity index (χ0v) is 12.6. The maximum Gasteiger partial charge on any atom is 0.276 e. The van der Waals surface area contributed by atoms with Crippen molar-refractivity contribution in [2.45, 2.75) is 13.3 Å². The van der Waals surface area contributed by atoms with Crippen molar-refractivity contribution in [3.05, 3.63) is 65.5 Å². The van der Waals surface area contributed by atoms with E-state index in [0.717, 1.165) is 12.5 Å². The van der Waals surface area contributed by atoms with Crippen LogP contribution in [0.3, 0.4) is 0 Å². The van der Waals surface area contributed by atoms with Crippen molar-refractivity contribution < 1.29 is 18.7 Å². The van der Waals surface area contributed by atoms with Gasteiger partial charge in [-0.15, -0.1) is 0 Å². The van der Waals surface area contributed by atoms with Gasteiger partial charge in [-0.3, -0.25) is 20.4 Å². The highest BCUT2D eigenvalue weighted by Crippen LogP contribution is 2.12. The number of carbonyl (C=O) groups is 2. The van der Waals surface area contributed by atoms with E-state index in [1.807, 2.05) is 19.1 Å². The minimum absolute atomic E-state index is 0.112. The predicted molar refractivity (Wildman–Crippen MR) is 83.3 cm³/mol. The maximum absolute atomic E-state index is 13.0. The fraction of sp³-hybridized carbons (Fsp3) is 0.176. The van der Waals surface area contributed by atoms with Gasteiger partial charge in [-0.1, -0.05) is 25.1 Å². The van der Waals surface area contributed by atoms with E-state index in [0.29, 0.717) is 5.75 Å². The minimum atomic E-state index is -0.606. The molecule has 0 bridgehead atoms. The molecule has 0 atom stereocenters. The molecule has 0 heterocycles. The summed E-state index contributed by atoms with van der Waals surface area (Å²) in [5.41, 5.74) is 5.69. The number of rotatable bonds is 5. The third-order valence-electron chi connectivity index (χ3n) is 3.10. The van der Waals surface area contributed by atoms with Crippen molar-refractivity contribution in [3.8, 4) is 5.75 Å². The van der Waals surface area contributed by atoms with E-state index in [-0.39, 0.29) is 12.2 Å². The van der Waals surface area contributed by atoms with Gasteiger partial charge >= 0.3 is 0 Å². The quantitative estimate of drug-likeness (QED) is 0.831. The number of hydrogen-bond acceptors (Lipinski definition) is 3. The van der Waals surface area contributed by atoms with Gasteiger partial charge in [0, 0.05) is 5.56 Å². The Morgan fingerprint density at radius 2 is 1.83 bits per heavy atom. The van der Waals surface area contributed by atoms with Crippen molar-refractivity contribution >= 4 is 11.8 Å². The molecule has 23 heavy (non-hydrogen) atoms. The van der Waals surface area contributed by atoms with Gasteiger partial charge in [0.25, 0.3) is 11.8 Å². The van der Waals surface area contributed by atoms with Gasteiger partial charge in [0.1, 0.15) is 11.6 Å². The van der Waals surface area contributed by atoms with Crippen molar-refractivity contribution in [1.29, 1.82) is 0 Å². The fourth-order valence-electron chi connectivity index (χ4n) is 1.83. The summed E-state index contributed by atoms with van der Waals surface area (Å²) in [5, 5.41) is 0. The van der Waals surface area contributed by atoms with Crippen LogP contribution in [0.5, 0.6) is 5.75 Å². The Morgan fingerprint density at radius 3 is 2.48 bits per heavy atom. The molecule has 0 aliphatic carbocycles. The molecule has 0 unspecified atom stereocenters. The number of hydrogen-bond donors (Lipinski definition) is 2. The van der Waals surface area contributed by atoms with Crippen molar-refractivity contribution in [1.82, 2.24) is 10.9 Å². The molecule has 0 spiro atoms. The SMILES string of the molecule is CCc1ccc(OCC(=O)NNC(=O)c2cccc(F)c2)cc1. The van der Waals surface area contributed by atoms with Crippen LogP contribution in [0, 0.1) is 5.82 Å². The van der Waals surface area contributed by atoms with Crippen LogP contribution in [0.1, 0.15) is 22.8 Å². The van der Waals surface area contributed by atoms with E-state index in [1.165, 1.54) is 23.8 Å². The number of halogens is 1. The molecular formula is C17H17FN2O3. The second-order valence-electron chi connectivity index (χ2n) is 4.80. The third-order valence-corrected chi connectivity index (χ3v) is 3.10. The summed E-state index contributed by atoms with van der Waals surface area (Å²) in [6.07, 6.45) is 0.923. The Morgan fingerprint density at radius 1 is 1.09 bits per heavy atom. The van der Waals surface area contributed by atoms with Crippen LogP contribution in [-0.4, -0.2) is 18.4 Å². The van der Waals surface area contributed by atoms with Gasteiger partial charge in [-0.2, -0.15) is 0 Å². The first-order valence-electron chi connectivity index (χ1n) is 7.15. The van der Waals surface area contributed by atoms with E-state index in [1.54, 1.807) is 12.1 Å². The molecule has 0 saturated carbocycles. The van der Waals surface area contributed by atoms with E-state index in [2.05, 4.69) is 10.9 Å². The first-order valence-corrected chi connectivity index (χ1v) is 7.15.